The van der Waals surface area contributed by atoms with E-state index in [0.717, 1.165) is 65.8 Å². The molecule has 4 aromatic rings. The highest BCUT2D eigenvalue weighted by molar-refractivity contribution is 7.21. The van der Waals surface area contributed by atoms with Crippen molar-refractivity contribution in [3.05, 3.63) is 87.3 Å². The minimum absolute atomic E-state index is 0.0242. The third-order valence-electron chi connectivity index (χ3n) is 7.81. The number of ether oxygens (including phenoxy) is 1. The van der Waals surface area contributed by atoms with Gasteiger partial charge in [-0.25, -0.2) is 8.78 Å². The number of benzene rings is 3. The lowest BCUT2D eigenvalue weighted by atomic mass is 9.89. The molecule has 1 heterocycles. The molecule has 0 spiro atoms. The normalized spacial score (nSPS) is 17.0. The van der Waals surface area contributed by atoms with E-state index in [1.165, 1.54) is 0 Å². The topological polar surface area (TPSA) is 84.7 Å². The summed E-state index contributed by atoms with van der Waals surface area (Å²) >= 11 is 7.42. The number of nitrogens with one attached hydrogen (secondary N) is 1. The number of carbonyl (C=O) groups excluding carboxylic acids is 2. The molecular weight excluding hydrogens is 568 g/mol. The third kappa shape index (κ3) is 5.80. The largest absolute Gasteiger partial charge is 0.496 e. The molecule has 0 aliphatic heterocycles. The number of thiophene rings is 1. The lowest BCUT2D eigenvalue weighted by Crippen LogP contribution is -2.44. The lowest BCUT2D eigenvalue weighted by molar-refractivity contribution is 0.0604. The maximum Gasteiger partial charge on any atom is 0.266 e. The first-order chi connectivity index (χ1) is 19.7. The van der Waals surface area contributed by atoms with Crippen molar-refractivity contribution >= 4 is 44.8 Å². The van der Waals surface area contributed by atoms with E-state index in [9.17, 15) is 18.4 Å². The smallest absolute Gasteiger partial charge is 0.266 e. The van der Waals surface area contributed by atoms with Crippen LogP contribution in [0.5, 0.6) is 5.75 Å². The molecule has 5 rings (SSSR count). The number of rotatable bonds is 8. The minimum Gasteiger partial charge on any atom is -0.496 e. The Balaban J connectivity index is 1.54. The SMILES string of the molecule is CN[C@H]1CC[C@@H](N(Cc2cc(-c3ccc(C(N)=O)cc3)ccc2OC)C(=O)c2sc3c(F)ccc(F)c3c2Cl)CC1. The van der Waals surface area contributed by atoms with E-state index in [-0.39, 0.29) is 38.5 Å². The molecule has 41 heavy (non-hydrogen) atoms. The van der Waals surface area contributed by atoms with Gasteiger partial charge in [-0.05, 0) is 80.3 Å². The first kappa shape index (κ1) is 29.0. The van der Waals surface area contributed by atoms with Gasteiger partial charge in [0.05, 0.1) is 22.2 Å². The summed E-state index contributed by atoms with van der Waals surface area (Å²) in [6.45, 7) is 0.208. The van der Waals surface area contributed by atoms with E-state index in [2.05, 4.69) is 5.32 Å². The highest BCUT2D eigenvalue weighted by Gasteiger charge is 2.33. The molecule has 6 nitrogen and oxygen atoms in total. The summed E-state index contributed by atoms with van der Waals surface area (Å²) in [6, 6.07) is 15.0. The summed E-state index contributed by atoms with van der Waals surface area (Å²) in [7, 11) is 3.50. The second-order valence-corrected chi connectivity index (χ2v) is 11.6. The molecule has 0 unspecified atom stereocenters. The standard InChI is InChI=1S/C31H30ClF2N3O3S/c1-36-21-8-10-22(11-9-21)37(31(39)29-27(32)26-23(33)12-13-24(34)28(26)41-29)16-20-15-19(7-14-25(20)40-2)17-3-5-18(6-4-17)30(35)38/h3-7,12-15,21-22,36H,8-11,16H2,1-2H3,(H2,35,38)/t21-,22+. The highest BCUT2D eigenvalue weighted by atomic mass is 35.5. The molecule has 3 N–H and O–H groups in total. The number of nitrogens with two attached hydrogens (primary N) is 1. The molecule has 10 heteroatoms. The second kappa shape index (κ2) is 12.1. The van der Waals surface area contributed by atoms with Crippen molar-refractivity contribution in [1.29, 1.82) is 0 Å². The molecule has 3 aromatic carbocycles. The van der Waals surface area contributed by atoms with Crippen LogP contribution in [0.3, 0.4) is 0 Å². The maximum atomic E-state index is 14.6. The molecule has 0 atom stereocenters. The average Bonchev–Trinajstić information content (AvgIpc) is 3.35. The van der Waals surface area contributed by atoms with Crippen molar-refractivity contribution in [1.82, 2.24) is 10.2 Å². The number of carbonyl (C=O) groups is 2. The Bertz CT molecular complexity index is 1600. The Morgan fingerprint density at radius 3 is 2.29 bits per heavy atom. The van der Waals surface area contributed by atoms with Crippen LogP contribution in [0.15, 0.2) is 54.6 Å². The van der Waals surface area contributed by atoms with Crippen molar-refractivity contribution < 1.29 is 23.1 Å². The summed E-state index contributed by atoms with van der Waals surface area (Å²) < 4.78 is 34.9. The first-order valence-corrected chi connectivity index (χ1v) is 14.5. The van der Waals surface area contributed by atoms with Gasteiger partial charge in [0.2, 0.25) is 5.91 Å². The zero-order chi connectivity index (χ0) is 29.3. The van der Waals surface area contributed by atoms with Gasteiger partial charge in [-0.15, -0.1) is 11.3 Å². The maximum absolute atomic E-state index is 14.6. The summed E-state index contributed by atoms with van der Waals surface area (Å²) in [6.07, 6.45) is 3.30. The van der Waals surface area contributed by atoms with Crippen molar-refractivity contribution in [3.8, 4) is 16.9 Å². The molecule has 1 aliphatic rings. The quantitative estimate of drug-likeness (QED) is 0.234. The number of hydrogen-bond donors (Lipinski definition) is 2. The van der Waals surface area contributed by atoms with Crippen LogP contribution in [0.2, 0.25) is 5.02 Å². The first-order valence-electron chi connectivity index (χ1n) is 13.3. The van der Waals surface area contributed by atoms with Crippen LogP contribution in [0.4, 0.5) is 8.78 Å². The Hall–Kier alpha value is -3.53. The summed E-state index contributed by atoms with van der Waals surface area (Å²) in [5.41, 5.74) is 8.30. The van der Waals surface area contributed by atoms with E-state index < -0.39 is 17.5 Å². The van der Waals surface area contributed by atoms with Crippen LogP contribution >= 0.6 is 22.9 Å². The van der Waals surface area contributed by atoms with E-state index in [4.69, 9.17) is 22.1 Å². The number of methoxy groups -OCH3 is 1. The highest BCUT2D eigenvalue weighted by Crippen LogP contribution is 2.40. The molecule has 1 saturated carbocycles. The zero-order valence-electron chi connectivity index (χ0n) is 22.7. The van der Waals surface area contributed by atoms with Crippen LogP contribution in [-0.2, 0) is 6.54 Å². The summed E-state index contributed by atoms with van der Waals surface area (Å²) in [5, 5.41) is 3.17. The molecule has 0 bridgehead atoms. The van der Waals surface area contributed by atoms with E-state index in [0.29, 0.717) is 17.4 Å². The number of hydrogen-bond acceptors (Lipinski definition) is 5. The molecule has 1 fully saturated rings. The molecule has 1 aliphatic carbocycles. The number of fused-ring (bicyclic) bond motifs is 1. The van der Waals surface area contributed by atoms with Crippen LogP contribution in [0.1, 0.15) is 51.3 Å². The van der Waals surface area contributed by atoms with Gasteiger partial charge in [0.15, 0.2) is 0 Å². The Kier molecular flexibility index (Phi) is 8.58. The Morgan fingerprint density at radius 1 is 1.02 bits per heavy atom. The van der Waals surface area contributed by atoms with Gasteiger partial charge in [-0.1, -0.05) is 29.8 Å². The molecular formula is C31H30ClF2N3O3S. The number of halogens is 3. The molecule has 1 aromatic heterocycles. The van der Waals surface area contributed by atoms with Crippen LogP contribution in [0, 0.1) is 11.6 Å². The van der Waals surface area contributed by atoms with Crippen LogP contribution < -0.4 is 15.8 Å². The van der Waals surface area contributed by atoms with Crippen molar-refractivity contribution in [2.24, 2.45) is 5.73 Å². The zero-order valence-corrected chi connectivity index (χ0v) is 24.3. The van der Waals surface area contributed by atoms with Crippen LogP contribution in [0.25, 0.3) is 21.2 Å². The predicted octanol–water partition coefficient (Wildman–Crippen LogP) is 6.78. The van der Waals surface area contributed by atoms with Gasteiger partial charge in [-0.2, -0.15) is 0 Å². The van der Waals surface area contributed by atoms with Crippen LogP contribution in [-0.4, -0.2) is 43.0 Å². The monoisotopic (exact) mass is 597 g/mol. The minimum atomic E-state index is -0.667. The second-order valence-electron chi connectivity index (χ2n) is 10.2. The molecule has 214 valence electrons. The van der Waals surface area contributed by atoms with E-state index >= 15 is 0 Å². The average molecular weight is 598 g/mol. The predicted molar refractivity (Wildman–Crippen MR) is 159 cm³/mol. The van der Waals surface area contributed by atoms with Gasteiger partial charge in [-0.3, -0.25) is 9.59 Å². The van der Waals surface area contributed by atoms with Crippen molar-refractivity contribution in [2.75, 3.05) is 14.2 Å². The van der Waals surface area contributed by atoms with Gasteiger partial charge in [0.1, 0.15) is 22.3 Å². The van der Waals surface area contributed by atoms with E-state index in [1.807, 2.05) is 37.4 Å². The van der Waals surface area contributed by atoms with E-state index in [1.54, 1.807) is 24.1 Å². The Morgan fingerprint density at radius 2 is 1.68 bits per heavy atom. The third-order valence-corrected chi connectivity index (χ3v) is 9.48. The fraction of sp³-hybridized carbons (Fsp3) is 0.290. The van der Waals surface area contributed by atoms with Gasteiger partial charge in [0.25, 0.3) is 5.91 Å². The van der Waals surface area contributed by atoms with Gasteiger partial charge >= 0.3 is 0 Å². The Labute approximate surface area is 246 Å². The molecule has 2 amide bonds. The molecule has 0 saturated heterocycles. The summed E-state index contributed by atoms with van der Waals surface area (Å²) in [5.74, 6) is -1.57. The number of nitrogens with zero attached hydrogens (tertiary/aromatic N) is 1. The number of amides is 2. The van der Waals surface area contributed by atoms with Gasteiger partial charge in [0, 0.05) is 29.8 Å². The van der Waals surface area contributed by atoms with Crippen molar-refractivity contribution in [3.63, 3.8) is 0 Å². The fourth-order valence-electron chi connectivity index (χ4n) is 5.50. The lowest BCUT2D eigenvalue weighted by Gasteiger charge is -2.37. The summed E-state index contributed by atoms with van der Waals surface area (Å²) in [4.78, 5) is 27.6. The van der Waals surface area contributed by atoms with Gasteiger partial charge < -0.3 is 20.7 Å². The fourth-order valence-corrected chi connectivity index (χ4v) is 7.01. The molecule has 0 radical (unpaired) electrons. The van der Waals surface area contributed by atoms with Crippen molar-refractivity contribution in [2.45, 2.75) is 44.3 Å². The number of primary amides is 1.